The van der Waals surface area contributed by atoms with E-state index in [0.29, 0.717) is 17.2 Å². The zero-order valence-corrected chi connectivity index (χ0v) is 7.81. The summed E-state index contributed by atoms with van der Waals surface area (Å²) in [6, 6.07) is 3.30. The number of rotatable bonds is 2. The molecule has 0 aliphatic rings. The largest absolute Gasteiger partial charge is 0.252 e. The van der Waals surface area contributed by atoms with Crippen molar-refractivity contribution in [1.82, 2.24) is 25.2 Å². The molecule has 0 amide bonds. The monoisotopic (exact) mass is 202 g/mol. The first-order valence-corrected chi connectivity index (χ1v) is 4.05. The van der Waals surface area contributed by atoms with Crippen LogP contribution in [0.5, 0.6) is 0 Å². The fourth-order valence-corrected chi connectivity index (χ4v) is 1.02. The van der Waals surface area contributed by atoms with E-state index in [1.165, 1.54) is 11.0 Å². The van der Waals surface area contributed by atoms with Crippen LogP contribution in [0.25, 0.3) is 22.0 Å². The molecule has 0 radical (unpaired) electrons. The van der Waals surface area contributed by atoms with Crippen molar-refractivity contribution in [3.63, 3.8) is 0 Å². The predicted octanol–water partition coefficient (Wildman–Crippen LogP) is 1.21. The third-order valence-corrected chi connectivity index (χ3v) is 1.65. The number of pyridine rings is 1. The van der Waals surface area contributed by atoms with Crippen LogP contribution in [0.1, 0.15) is 0 Å². The first kappa shape index (κ1) is 9.10. The highest BCUT2D eigenvalue weighted by atomic mass is 15.6. The van der Waals surface area contributed by atoms with Crippen LogP contribution < -0.4 is 0 Å². The summed E-state index contributed by atoms with van der Waals surface area (Å²) >= 11 is 0. The Morgan fingerprint density at radius 1 is 1.47 bits per heavy atom. The van der Waals surface area contributed by atoms with Gasteiger partial charge in [-0.05, 0) is 22.9 Å². The van der Waals surface area contributed by atoms with Crippen LogP contribution in [-0.2, 0) is 7.05 Å². The second-order valence-electron chi connectivity index (χ2n) is 2.69. The lowest BCUT2D eigenvalue weighted by Gasteiger charge is -1.93. The molecule has 2 aromatic heterocycles. The lowest BCUT2D eigenvalue weighted by atomic mass is 10.3. The Bertz CT molecular complexity index is 506. The van der Waals surface area contributed by atoms with Gasteiger partial charge in [-0.3, -0.25) is 4.98 Å². The second kappa shape index (κ2) is 3.72. The molecule has 0 unspecified atom stereocenters. The van der Waals surface area contributed by atoms with Crippen molar-refractivity contribution >= 4 is 5.69 Å². The maximum atomic E-state index is 8.20. The van der Waals surface area contributed by atoms with Crippen LogP contribution in [0.4, 0.5) is 5.69 Å². The van der Waals surface area contributed by atoms with Gasteiger partial charge >= 0.3 is 0 Å². The molecular weight excluding hydrogens is 196 g/mol. The van der Waals surface area contributed by atoms with Crippen LogP contribution in [0.3, 0.4) is 0 Å². The summed E-state index contributed by atoms with van der Waals surface area (Å²) in [5.41, 5.74) is 9.23. The molecule has 0 bridgehead atoms. The van der Waals surface area contributed by atoms with Crippen LogP contribution in [0, 0.1) is 0 Å². The SMILES string of the molecule is Cn1nnc(-c2ccc(N=[N+]=[N-])cn2)n1. The summed E-state index contributed by atoms with van der Waals surface area (Å²) in [6.07, 6.45) is 1.45. The molecule has 0 spiro atoms. The summed E-state index contributed by atoms with van der Waals surface area (Å²) in [4.78, 5) is 8.03. The lowest BCUT2D eigenvalue weighted by Crippen LogP contribution is -1.92. The second-order valence-corrected chi connectivity index (χ2v) is 2.69. The maximum Gasteiger partial charge on any atom is 0.223 e. The molecule has 0 aromatic carbocycles. The highest BCUT2D eigenvalue weighted by molar-refractivity contribution is 5.50. The fourth-order valence-electron chi connectivity index (χ4n) is 1.02. The number of azide groups is 1. The number of aryl methyl sites for hydroxylation is 1. The average molecular weight is 202 g/mol. The number of aromatic nitrogens is 5. The highest BCUT2D eigenvalue weighted by Crippen LogP contribution is 2.15. The molecule has 0 saturated heterocycles. The fraction of sp³-hybridized carbons (Fsp3) is 0.143. The van der Waals surface area contributed by atoms with Crippen LogP contribution in [0.15, 0.2) is 23.4 Å². The minimum absolute atomic E-state index is 0.435. The zero-order chi connectivity index (χ0) is 10.7. The van der Waals surface area contributed by atoms with Gasteiger partial charge in [-0.2, -0.15) is 4.80 Å². The van der Waals surface area contributed by atoms with E-state index in [1.807, 2.05) is 0 Å². The van der Waals surface area contributed by atoms with E-state index >= 15 is 0 Å². The Kier molecular flexibility index (Phi) is 2.26. The van der Waals surface area contributed by atoms with E-state index in [4.69, 9.17) is 5.53 Å². The molecule has 0 fully saturated rings. The van der Waals surface area contributed by atoms with Crippen molar-refractivity contribution < 1.29 is 0 Å². The molecule has 8 nitrogen and oxygen atoms in total. The summed E-state index contributed by atoms with van der Waals surface area (Å²) in [6.45, 7) is 0. The highest BCUT2D eigenvalue weighted by Gasteiger charge is 2.04. The molecule has 0 aliphatic heterocycles. The van der Waals surface area contributed by atoms with Gasteiger partial charge in [-0.1, -0.05) is 5.11 Å². The summed E-state index contributed by atoms with van der Waals surface area (Å²) in [5.74, 6) is 0.435. The Morgan fingerprint density at radius 3 is 2.87 bits per heavy atom. The van der Waals surface area contributed by atoms with E-state index in [0.717, 1.165) is 0 Å². The van der Waals surface area contributed by atoms with E-state index in [-0.39, 0.29) is 0 Å². The van der Waals surface area contributed by atoms with Gasteiger partial charge in [-0.25, -0.2) is 0 Å². The van der Waals surface area contributed by atoms with Crippen LogP contribution >= 0.6 is 0 Å². The first-order valence-electron chi connectivity index (χ1n) is 4.05. The van der Waals surface area contributed by atoms with E-state index in [1.54, 1.807) is 19.2 Å². The average Bonchev–Trinajstić information content (AvgIpc) is 2.67. The Labute approximate surface area is 84.2 Å². The molecular formula is C7H6N8. The van der Waals surface area contributed by atoms with Gasteiger partial charge in [0.15, 0.2) is 0 Å². The van der Waals surface area contributed by atoms with Crippen molar-refractivity contribution in [2.45, 2.75) is 0 Å². The van der Waals surface area contributed by atoms with Gasteiger partial charge in [0.2, 0.25) is 5.82 Å². The van der Waals surface area contributed by atoms with Crippen LogP contribution in [0.2, 0.25) is 0 Å². The molecule has 8 heteroatoms. The lowest BCUT2D eigenvalue weighted by molar-refractivity contribution is 0.630. The molecule has 2 heterocycles. The quantitative estimate of drug-likeness (QED) is 0.414. The van der Waals surface area contributed by atoms with Gasteiger partial charge in [0.05, 0.1) is 12.7 Å². The summed E-state index contributed by atoms with van der Waals surface area (Å²) < 4.78 is 0. The molecule has 0 atom stereocenters. The third kappa shape index (κ3) is 1.89. The molecule has 0 N–H and O–H groups in total. The van der Waals surface area contributed by atoms with Crippen molar-refractivity contribution in [3.8, 4) is 11.5 Å². The van der Waals surface area contributed by atoms with Crippen molar-refractivity contribution in [2.24, 2.45) is 12.2 Å². The summed E-state index contributed by atoms with van der Waals surface area (Å²) in [7, 11) is 1.67. The topological polar surface area (TPSA) is 105 Å². The van der Waals surface area contributed by atoms with Gasteiger partial charge in [-0.15, -0.1) is 10.2 Å². The van der Waals surface area contributed by atoms with Gasteiger partial charge < -0.3 is 0 Å². The first-order chi connectivity index (χ1) is 7.29. The Hall–Kier alpha value is -2.47. The smallest absolute Gasteiger partial charge is 0.223 e. The predicted molar refractivity (Wildman–Crippen MR) is 50.8 cm³/mol. The van der Waals surface area contributed by atoms with E-state index in [9.17, 15) is 0 Å². The number of hydrogen-bond acceptors (Lipinski definition) is 5. The third-order valence-electron chi connectivity index (χ3n) is 1.65. The molecule has 0 saturated carbocycles. The van der Waals surface area contributed by atoms with Crippen molar-refractivity contribution in [3.05, 3.63) is 28.8 Å². The number of tetrazole rings is 1. The van der Waals surface area contributed by atoms with E-state index in [2.05, 4.69) is 30.4 Å². The standard InChI is InChI=1S/C7H6N8/c1-15-12-7(11-14-15)6-3-2-5(4-9-6)10-13-8/h2-4H,1H3. The van der Waals surface area contributed by atoms with Gasteiger partial charge in [0, 0.05) is 11.1 Å². The molecule has 0 aliphatic carbocycles. The maximum absolute atomic E-state index is 8.20. The van der Waals surface area contributed by atoms with Crippen LogP contribution in [-0.4, -0.2) is 25.2 Å². The zero-order valence-electron chi connectivity index (χ0n) is 7.81. The summed E-state index contributed by atoms with van der Waals surface area (Å²) in [5, 5.41) is 14.9. The van der Waals surface area contributed by atoms with Gasteiger partial charge in [0.25, 0.3) is 0 Å². The van der Waals surface area contributed by atoms with Crippen molar-refractivity contribution in [2.75, 3.05) is 0 Å². The normalized spacial score (nSPS) is 9.67. The number of hydrogen-bond donors (Lipinski definition) is 0. The number of nitrogens with zero attached hydrogens (tertiary/aromatic N) is 8. The van der Waals surface area contributed by atoms with Gasteiger partial charge in [0.1, 0.15) is 5.69 Å². The minimum atomic E-state index is 0.435. The molecule has 2 rings (SSSR count). The minimum Gasteiger partial charge on any atom is -0.252 e. The Balaban J connectivity index is 2.35. The van der Waals surface area contributed by atoms with E-state index < -0.39 is 0 Å². The molecule has 2 aromatic rings. The molecule has 74 valence electrons. The molecule has 15 heavy (non-hydrogen) atoms. The Morgan fingerprint density at radius 2 is 2.33 bits per heavy atom. The van der Waals surface area contributed by atoms with Crippen molar-refractivity contribution in [1.29, 1.82) is 0 Å².